The molecule has 0 aliphatic rings. The number of benzene rings is 1. The number of fused-ring (bicyclic) bond motifs is 1. The molecule has 3 heterocycles. The number of nitrogens with zero attached hydrogens (tertiary/aromatic N) is 4. The highest BCUT2D eigenvalue weighted by atomic mass is 35.5. The molecule has 0 saturated carbocycles. The van der Waals surface area contributed by atoms with Crippen molar-refractivity contribution in [2.24, 2.45) is 0 Å². The average Bonchev–Trinajstić information content (AvgIpc) is 3.15. The molecule has 0 N–H and O–H groups in total. The van der Waals surface area contributed by atoms with Crippen LogP contribution >= 0.6 is 11.6 Å². The Morgan fingerprint density at radius 2 is 1.88 bits per heavy atom. The Kier molecular flexibility index (Phi) is 3.82. The van der Waals surface area contributed by atoms with Crippen LogP contribution in [0.2, 0.25) is 5.28 Å². The Morgan fingerprint density at radius 1 is 1.15 bits per heavy atom. The first kappa shape index (κ1) is 16.7. The van der Waals surface area contributed by atoms with Crippen LogP contribution in [-0.4, -0.2) is 27.5 Å². The standard InChI is InChI=1S/C17H13ClN4O3S/c1-10-15(11(2)25-21-10)14-8-12-9-19-17(18)20-16(12)22(14)26(23,24)13-6-4-3-5-7-13/h3-9H,1-2H3. The van der Waals surface area contributed by atoms with E-state index >= 15 is 0 Å². The predicted molar refractivity (Wildman–Crippen MR) is 96.5 cm³/mol. The minimum atomic E-state index is -3.93. The number of hydrogen-bond acceptors (Lipinski definition) is 6. The lowest BCUT2D eigenvalue weighted by Crippen LogP contribution is -2.15. The Bertz CT molecular complexity index is 1210. The maximum atomic E-state index is 13.4. The molecule has 4 rings (SSSR count). The van der Waals surface area contributed by atoms with Gasteiger partial charge in [-0.1, -0.05) is 23.4 Å². The van der Waals surface area contributed by atoms with Crippen molar-refractivity contribution >= 4 is 32.7 Å². The number of aryl methyl sites for hydroxylation is 2. The molecule has 132 valence electrons. The van der Waals surface area contributed by atoms with Crippen LogP contribution in [0.4, 0.5) is 0 Å². The Hall–Kier alpha value is -2.71. The van der Waals surface area contributed by atoms with Gasteiger partial charge in [-0.3, -0.25) is 0 Å². The molecule has 0 aliphatic carbocycles. The highest BCUT2D eigenvalue weighted by Gasteiger charge is 2.27. The Labute approximate surface area is 154 Å². The maximum Gasteiger partial charge on any atom is 0.269 e. The first-order valence-electron chi connectivity index (χ1n) is 7.67. The van der Waals surface area contributed by atoms with Gasteiger partial charge in [0.15, 0.2) is 5.65 Å². The third-order valence-electron chi connectivity index (χ3n) is 4.04. The summed E-state index contributed by atoms with van der Waals surface area (Å²) in [5.74, 6) is 0.508. The summed E-state index contributed by atoms with van der Waals surface area (Å²) in [7, 11) is -3.93. The topological polar surface area (TPSA) is 90.9 Å². The van der Waals surface area contributed by atoms with Gasteiger partial charge in [-0.2, -0.15) is 4.98 Å². The normalized spacial score (nSPS) is 12.0. The molecule has 0 radical (unpaired) electrons. The van der Waals surface area contributed by atoms with Gasteiger partial charge in [-0.05, 0) is 43.6 Å². The van der Waals surface area contributed by atoms with E-state index in [1.807, 2.05) is 0 Å². The van der Waals surface area contributed by atoms with Gasteiger partial charge in [0.05, 0.1) is 21.8 Å². The molecule has 7 nitrogen and oxygen atoms in total. The van der Waals surface area contributed by atoms with Crippen molar-refractivity contribution < 1.29 is 12.9 Å². The molecule has 0 atom stereocenters. The molecule has 9 heteroatoms. The van der Waals surface area contributed by atoms with Crippen molar-refractivity contribution in [2.45, 2.75) is 18.7 Å². The molecule has 4 aromatic rings. The Morgan fingerprint density at radius 3 is 2.54 bits per heavy atom. The summed E-state index contributed by atoms with van der Waals surface area (Å²) in [6.07, 6.45) is 1.49. The second-order valence-corrected chi connectivity index (χ2v) is 7.85. The van der Waals surface area contributed by atoms with Crippen molar-refractivity contribution in [1.29, 1.82) is 0 Å². The molecule has 0 unspecified atom stereocenters. The molecule has 1 aromatic carbocycles. The molecule has 0 amide bonds. The van der Waals surface area contributed by atoms with E-state index in [1.54, 1.807) is 38.1 Å². The Balaban J connectivity index is 2.13. The van der Waals surface area contributed by atoms with Gasteiger partial charge in [0, 0.05) is 11.6 Å². The van der Waals surface area contributed by atoms with Crippen molar-refractivity contribution in [3.05, 3.63) is 59.3 Å². The molecule has 0 bridgehead atoms. The van der Waals surface area contributed by atoms with E-state index < -0.39 is 10.0 Å². The van der Waals surface area contributed by atoms with Crippen LogP contribution in [0, 0.1) is 13.8 Å². The van der Waals surface area contributed by atoms with Crippen LogP contribution in [0.3, 0.4) is 0 Å². The van der Waals surface area contributed by atoms with Crippen molar-refractivity contribution in [3.8, 4) is 11.3 Å². The second-order valence-electron chi connectivity index (χ2n) is 5.73. The molecule has 0 fully saturated rings. The molecule has 0 aliphatic heterocycles. The van der Waals surface area contributed by atoms with E-state index in [9.17, 15) is 8.42 Å². The van der Waals surface area contributed by atoms with Gasteiger partial charge in [-0.25, -0.2) is 17.4 Å². The smallest absolute Gasteiger partial charge is 0.269 e. The highest BCUT2D eigenvalue weighted by molar-refractivity contribution is 7.90. The summed E-state index contributed by atoms with van der Waals surface area (Å²) >= 11 is 5.92. The van der Waals surface area contributed by atoms with E-state index in [0.29, 0.717) is 28.1 Å². The van der Waals surface area contributed by atoms with Gasteiger partial charge in [-0.15, -0.1) is 0 Å². The first-order chi connectivity index (χ1) is 12.4. The summed E-state index contributed by atoms with van der Waals surface area (Å²) in [5, 5.41) is 4.44. The van der Waals surface area contributed by atoms with E-state index in [2.05, 4.69) is 15.1 Å². The van der Waals surface area contributed by atoms with Crippen molar-refractivity contribution in [2.75, 3.05) is 0 Å². The minimum absolute atomic E-state index is 0.0366. The number of hydrogen-bond donors (Lipinski definition) is 0. The fourth-order valence-electron chi connectivity index (χ4n) is 2.91. The molecule has 26 heavy (non-hydrogen) atoms. The van der Waals surface area contributed by atoms with E-state index in [-0.39, 0.29) is 15.8 Å². The second kappa shape index (κ2) is 5.93. The van der Waals surface area contributed by atoms with E-state index in [4.69, 9.17) is 16.1 Å². The van der Waals surface area contributed by atoms with Crippen molar-refractivity contribution in [3.63, 3.8) is 0 Å². The van der Waals surface area contributed by atoms with Crippen LogP contribution in [0.5, 0.6) is 0 Å². The summed E-state index contributed by atoms with van der Waals surface area (Å²) in [4.78, 5) is 8.23. The van der Waals surface area contributed by atoms with E-state index in [1.165, 1.54) is 18.3 Å². The summed E-state index contributed by atoms with van der Waals surface area (Å²) in [6.45, 7) is 3.48. The molecule has 0 spiro atoms. The summed E-state index contributed by atoms with van der Waals surface area (Å²) in [6, 6.07) is 9.83. The van der Waals surface area contributed by atoms with Crippen LogP contribution in [0.1, 0.15) is 11.5 Å². The van der Waals surface area contributed by atoms with Crippen LogP contribution in [0.25, 0.3) is 22.3 Å². The van der Waals surface area contributed by atoms with Gasteiger partial charge in [0.1, 0.15) is 5.76 Å². The fraction of sp³-hybridized carbons (Fsp3) is 0.118. The predicted octanol–water partition coefficient (Wildman–Crippen LogP) is 3.59. The van der Waals surface area contributed by atoms with Gasteiger partial charge in [0.2, 0.25) is 5.28 Å². The molecule has 0 saturated heterocycles. The summed E-state index contributed by atoms with van der Waals surface area (Å²) < 4.78 is 33.1. The lowest BCUT2D eigenvalue weighted by atomic mass is 10.1. The van der Waals surface area contributed by atoms with E-state index in [0.717, 1.165) is 3.97 Å². The third kappa shape index (κ3) is 2.49. The summed E-state index contributed by atoms with van der Waals surface area (Å²) in [5.41, 5.74) is 1.77. The van der Waals surface area contributed by atoms with Gasteiger partial charge < -0.3 is 4.52 Å². The first-order valence-corrected chi connectivity index (χ1v) is 9.49. The lowest BCUT2D eigenvalue weighted by molar-refractivity contribution is 0.393. The number of aromatic nitrogens is 4. The van der Waals surface area contributed by atoms with Gasteiger partial charge >= 0.3 is 0 Å². The van der Waals surface area contributed by atoms with Crippen molar-refractivity contribution in [1.82, 2.24) is 19.1 Å². The maximum absolute atomic E-state index is 13.4. The van der Waals surface area contributed by atoms with Crippen LogP contribution in [0.15, 0.2) is 52.0 Å². The average molecular weight is 389 g/mol. The third-order valence-corrected chi connectivity index (χ3v) is 5.94. The minimum Gasteiger partial charge on any atom is -0.361 e. The van der Waals surface area contributed by atoms with Crippen LogP contribution in [-0.2, 0) is 10.0 Å². The largest absolute Gasteiger partial charge is 0.361 e. The zero-order valence-electron chi connectivity index (χ0n) is 13.8. The highest BCUT2D eigenvalue weighted by Crippen LogP contribution is 2.34. The van der Waals surface area contributed by atoms with Crippen LogP contribution < -0.4 is 0 Å². The SMILES string of the molecule is Cc1noc(C)c1-c1cc2cnc(Cl)nc2n1S(=O)(=O)c1ccccc1. The quantitative estimate of drug-likeness (QED) is 0.498. The fourth-order valence-corrected chi connectivity index (χ4v) is 4.53. The zero-order valence-corrected chi connectivity index (χ0v) is 15.4. The van der Waals surface area contributed by atoms with Gasteiger partial charge in [0.25, 0.3) is 10.0 Å². The molecule has 3 aromatic heterocycles. The lowest BCUT2D eigenvalue weighted by Gasteiger charge is -2.11. The zero-order chi connectivity index (χ0) is 18.5. The number of halogens is 1. The monoisotopic (exact) mass is 388 g/mol. The molecular formula is C17H13ClN4O3S. The molecular weight excluding hydrogens is 376 g/mol. The number of rotatable bonds is 3.